The summed E-state index contributed by atoms with van der Waals surface area (Å²) in [5, 5.41) is 13.6. The van der Waals surface area contributed by atoms with Crippen LogP contribution in [0.5, 0.6) is 0 Å². The molecule has 1 aromatic rings. The van der Waals surface area contributed by atoms with Crippen LogP contribution in [-0.2, 0) is 16.1 Å². The summed E-state index contributed by atoms with van der Waals surface area (Å²) in [5.74, 6) is -0.0706. The first kappa shape index (κ1) is 17.3. The number of amides is 1. The molecule has 0 bridgehead atoms. The Labute approximate surface area is 142 Å². The number of morpholine rings is 1. The van der Waals surface area contributed by atoms with Gasteiger partial charge in [-0.05, 0) is 29.7 Å². The predicted molar refractivity (Wildman–Crippen MR) is 88.2 cm³/mol. The highest BCUT2D eigenvalue weighted by molar-refractivity contribution is 5.75. The lowest BCUT2D eigenvalue weighted by Crippen LogP contribution is -2.48. The fraction of sp³-hybridized carbons (Fsp3) is 0.875. The molecule has 3 rings (SSSR count). The molecule has 1 saturated heterocycles. The van der Waals surface area contributed by atoms with Crippen molar-refractivity contribution in [3.05, 3.63) is 6.33 Å². The van der Waals surface area contributed by atoms with Gasteiger partial charge in [0, 0.05) is 25.7 Å². The molecule has 8 heteroatoms. The molecule has 134 valence electrons. The molecule has 24 heavy (non-hydrogen) atoms. The predicted octanol–water partition coefficient (Wildman–Crippen LogP) is 0.603. The molecule has 0 aromatic carbocycles. The molecule has 2 fully saturated rings. The molecule has 8 nitrogen and oxygen atoms in total. The van der Waals surface area contributed by atoms with Crippen molar-refractivity contribution in [3.8, 4) is 0 Å². The van der Waals surface area contributed by atoms with Crippen LogP contribution in [-0.4, -0.2) is 69.4 Å². The normalized spacial score (nSPS) is 23.8. The van der Waals surface area contributed by atoms with Gasteiger partial charge in [-0.3, -0.25) is 9.69 Å². The number of nitrogens with one attached hydrogen (secondary N) is 1. The highest BCUT2D eigenvalue weighted by Crippen LogP contribution is 2.24. The van der Waals surface area contributed by atoms with E-state index in [1.165, 1.54) is 49.5 Å². The Balaban J connectivity index is 1.36. The molecule has 1 atom stereocenters. The zero-order valence-electron chi connectivity index (χ0n) is 14.3. The fourth-order valence-electron chi connectivity index (χ4n) is 3.70. The van der Waals surface area contributed by atoms with Crippen LogP contribution >= 0.6 is 0 Å². The van der Waals surface area contributed by atoms with Crippen LogP contribution in [0.15, 0.2) is 6.33 Å². The summed E-state index contributed by atoms with van der Waals surface area (Å²) in [6.45, 7) is 3.64. The van der Waals surface area contributed by atoms with Crippen LogP contribution in [0.1, 0.15) is 44.9 Å². The number of tetrazole rings is 1. The van der Waals surface area contributed by atoms with Crippen molar-refractivity contribution in [3.63, 3.8) is 0 Å². The molecule has 1 aliphatic heterocycles. The third kappa shape index (κ3) is 5.24. The second kappa shape index (κ2) is 9.08. The molecule has 1 N–H and O–H groups in total. The van der Waals surface area contributed by atoms with E-state index in [4.69, 9.17) is 4.74 Å². The second-order valence-corrected chi connectivity index (χ2v) is 6.78. The van der Waals surface area contributed by atoms with E-state index >= 15 is 0 Å². The minimum atomic E-state index is -0.0706. The number of nitrogens with zero attached hydrogens (tertiary/aromatic N) is 5. The topological polar surface area (TPSA) is 85.2 Å². The Morgan fingerprint density at radius 2 is 2.08 bits per heavy atom. The van der Waals surface area contributed by atoms with E-state index in [-0.39, 0.29) is 18.6 Å². The van der Waals surface area contributed by atoms with Crippen LogP contribution in [0, 0.1) is 0 Å². The summed E-state index contributed by atoms with van der Waals surface area (Å²) in [5.41, 5.74) is 0. The van der Waals surface area contributed by atoms with Crippen molar-refractivity contribution in [2.75, 3.05) is 26.2 Å². The zero-order chi connectivity index (χ0) is 16.6. The second-order valence-electron chi connectivity index (χ2n) is 6.78. The average Bonchev–Trinajstić information content (AvgIpc) is 2.94. The van der Waals surface area contributed by atoms with E-state index in [1.54, 1.807) is 0 Å². The molecule has 2 aliphatic rings. The lowest BCUT2D eigenvalue weighted by Gasteiger charge is -2.38. The first-order valence-electron chi connectivity index (χ1n) is 9.14. The van der Waals surface area contributed by atoms with E-state index in [1.807, 2.05) is 0 Å². The van der Waals surface area contributed by atoms with Crippen molar-refractivity contribution < 1.29 is 9.53 Å². The quantitative estimate of drug-likeness (QED) is 0.766. The van der Waals surface area contributed by atoms with Gasteiger partial charge < -0.3 is 10.1 Å². The summed E-state index contributed by atoms with van der Waals surface area (Å²) >= 11 is 0. The lowest BCUT2D eigenvalue weighted by molar-refractivity contribution is -0.122. The summed E-state index contributed by atoms with van der Waals surface area (Å²) in [7, 11) is 0. The number of carbonyl (C=O) groups excluding carboxylic acids is 1. The highest BCUT2D eigenvalue weighted by atomic mass is 16.5. The van der Waals surface area contributed by atoms with Crippen LogP contribution in [0.3, 0.4) is 0 Å². The molecular weight excluding hydrogens is 308 g/mol. The Morgan fingerprint density at radius 3 is 2.83 bits per heavy atom. The van der Waals surface area contributed by atoms with Crippen molar-refractivity contribution in [2.24, 2.45) is 0 Å². The van der Waals surface area contributed by atoms with Crippen molar-refractivity contribution in [1.29, 1.82) is 0 Å². The average molecular weight is 336 g/mol. The molecule has 1 amide bonds. The Kier molecular flexibility index (Phi) is 6.54. The lowest BCUT2D eigenvalue weighted by atomic mass is 10.1. The van der Waals surface area contributed by atoms with Gasteiger partial charge in [-0.25, -0.2) is 4.68 Å². The summed E-state index contributed by atoms with van der Waals surface area (Å²) < 4.78 is 7.30. The van der Waals surface area contributed by atoms with Gasteiger partial charge in [0.05, 0.1) is 12.7 Å². The van der Waals surface area contributed by atoms with Crippen molar-refractivity contribution in [1.82, 2.24) is 30.4 Å². The molecule has 0 radical (unpaired) electrons. The number of aromatic nitrogens is 4. The third-order valence-electron chi connectivity index (χ3n) is 5.00. The summed E-state index contributed by atoms with van der Waals surface area (Å²) in [6, 6.07) is 0.730. The maximum Gasteiger partial charge on any atom is 0.241 e. The standard InChI is InChI=1S/C16H28N6O2/c23-16(12-22-13-18-19-20-22)17-8-7-15-11-21(9-10-24-15)14-5-3-1-2-4-6-14/h13-15H,1-12H2,(H,17,23)/t15-/m0/s1. The van der Waals surface area contributed by atoms with Gasteiger partial charge in [0.15, 0.2) is 0 Å². The summed E-state index contributed by atoms with van der Waals surface area (Å²) in [4.78, 5) is 14.4. The van der Waals surface area contributed by atoms with Gasteiger partial charge >= 0.3 is 0 Å². The molecule has 2 heterocycles. The number of ether oxygens (including phenoxy) is 1. The van der Waals surface area contributed by atoms with Gasteiger partial charge in [-0.2, -0.15) is 0 Å². The molecule has 1 aromatic heterocycles. The first-order valence-corrected chi connectivity index (χ1v) is 9.14. The van der Waals surface area contributed by atoms with Gasteiger partial charge in [0.2, 0.25) is 5.91 Å². The van der Waals surface area contributed by atoms with Crippen molar-refractivity contribution >= 4 is 5.91 Å². The molecule has 0 unspecified atom stereocenters. The SMILES string of the molecule is O=C(Cn1cnnn1)NCC[C@H]1CN(C2CCCCCC2)CCO1. The van der Waals surface area contributed by atoms with Gasteiger partial charge in [0.25, 0.3) is 0 Å². The minimum Gasteiger partial charge on any atom is -0.375 e. The summed E-state index contributed by atoms with van der Waals surface area (Å²) in [6.07, 6.45) is 10.7. The maximum absolute atomic E-state index is 11.8. The Morgan fingerprint density at radius 1 is 1.25 bits per heavy atom. The van der Waals surface area contributed by atoms with Gasteiger partial charge in [-0.15, -0.1) is 5.10 Å². The number of carbonyl (C=O) groups is 1. The first-order chi connectivity index (χ1) is 11.8. The van der Waals surface area contributed by atoms with Crippen LogP contribution < -0.4 is 5.32 Å². The zero-order valence-corrected chi connectivity index (χ0v) is 14.3. The highest BCUT2D eigenvalue weighted by Gasteiger charge is 2.26. The number of hydrogen-bond acceptors (Lipinski definition) is 6. The van der Waals surface area contributed by atoms with Gasteiger partial charge in [0.1, 0.15) is 12.9 Å². The molecule has 0 spiro atoms. The number of hydrogen-bond donors (Lipinski definition) is 1. The van der Waals surface area contributed by atoms with E-state index in [0.717, 1.165) is 32.2 Å². The maximum atomic E-state index is 11.8. The Hall–Kier alpha value is -1.54. The van der Waals surface area contributed by atoms with E-state index in [0.29, 0.717) is 6.54 Å². The third-order valence-corrected chi connectivity index (χ3v) is 5.00. The van der Waals surface area contributed by atoms with E-state index < -0.39 is 0 Å². The van der Waals surface area contributed by atoms with E-state index in [9.17, 15) is 4.79 Å². The van der Waals surface area contributed by atoms with Crippen molar-refractivity contribution in [2.45, 2.75) is 63.6 Å². The molecule has 1 saturated carbocycles. The fourth-order valence-corrected chi connectivity index (χ4v) is 3.70. The van der Waals surface area contributed by atoms with Crippen LogP contribution in [0.25, 0.3) is 0 Å². The smallest absolute Gasteiger partial charge is 0.241 e. The van der Waals surface area contributed by atoms with E-state index in [2.05, 4.69) is 25.7 Å². The Bertz CT molecular complexity index is 487. The van der Waals surface area contributed by atoms with Crippen LogP contribution in [0.2, 0.25) is 0 Å². The van der Waals surface area contributed by atoms with Gasteiger partial charge in [-0.1, -0.05) is 25.7 Å². The molecule has 1 aliphatic carbocycles. The van der Waals surface area contributed by atoms with Crippen LogP contribution in [0.4, 0.5) is 0 Å². The number of rotatable bonds is 6. The largest absolute Gasteiger partial charge is 0.375 e. The monoisotopic (exact) mass is 336 g/mol. The molecular formula is C16H28N6O2. The minimum absolute atomic E-state index is 0.0706.